The predicted molar refractivity (Wildman–Crippen MR) is 82.5 cm³/mol. The van der Waals surface area contributed by atoms with Crippen LogP contribution in [0.15, 0.2) is 24.3 Å². The van der Waals surface area contributed by atoms with Crippen LogP contribution in [0.5, 0.6) is 11.5 Å². The van der Waals surface area contributed by atoms with Gasteiger partial charge in [-0.1, -0.05) is 18.2 Å². The highest BCUT2D eigenvalue weighted by Gasteiger charge is 2.64. The van der Waals surface area contributed by atoms with Crippen molar-refractivity contribution in [2.75, 3.05) is 20.7 Å². The minimum atomic E-state index is -0.539. The van der Waals surface area contributed by atoms with Gasteiger partial charge < -0.3 is 19.5 Å². The average molecular weight is 299 g/mol. The maximum absolute atomic E-state index is 10.6. The highest BCUT2D eigenvalue weighted by molar-refractivity contribution is 5.62. The van der Waals surface area contributed by atoms with Crippen molar-refractivity contribution in [3.63, 3.8) is 0 Å². The Morgan fingerprint density at radius 2 is 2.23 bits per heavy atom. The van der Waals surface area contributed by atoms with Crippen molar-refractivity contribution in [1.82, 2.24) is 4.90 Å². The second-order valence-corrected chi connectivity index (χ2v) is 7.11. The molecule has 5 rings (SSSR count). The molecule has 2 bridgehead atoms. The van der Waals surface area contributed by atoms with Crippen molar-refractivity contribution in [2.45, 2.75) is 36.5 Å². The largest absolute Gasteiger partial charge is 0.493 e. The fourth-order valence-corrected chi connectivity index (χ4v) is 5.39. The van der Waals surface area contributed by atoms with Gasteiger partial charge in [-0.3, -0.25) is 0 Å². The molecule has 1 spiro atoms. The number of hydrogen-bond acceptors (Lipinski definition) is 4. The molecule has 0 aromatic heterocycles. The molecule has 2 aliphatic heterocycles. The Morgan fingerprint density at radius 3 is 3.05 bits per heavy atom. The van der Waals surface area contributed by atoms with E-state index in [2.05, 4.69) is 24.1 Å². The van der Waals surface area contributed by atoms with Gasteiger partial charge >= 0.3 is 0 Å². The fourth-order valence-electron chi connectivity index (χ4n) is 5.39. The number of piperidine rings is 1. The zero-order valence-corrected chi connectivity index (χ0v) is 13.0. The van der Waals surface area contributed by atoms with Crippen molar-refractivity contribution >= 4 is 0 Å². The smallest absolute Gasteiger partial charge is 0.165 e. The highest BCUT2D eigenvalue weighted by atomic mass is 16.5. The molecule has 0 saturated carbocycles. The van der Waals surface area contributed by atoms with Gasteiger partial charge in [0.25, 0.3) is 0 Å². The molecular formula is C18H21NO3. The van der Waals surface area contributed by atoms with E-state index in [1.165, 1.54) is 11.1 Å². The van der Waals surface area contributed by atoms with E-state index in [0.717, 1.165) is 30.9 Å². The van der Waals surface area contributed by atoms with Gasteiger partial charge in [0.05, 0.1) is 7.11 Å². The monoisotopic (exact) mass is 299 g/mol. The van der Waals surface area contributed by atoms with Gasteiger partial charge in [-0.05, 0) is 38.1 Å². The number of likely N-dealkylation sites (N-methyl/N-ethyl adjacent to an activating group) is 1. The van der Waals surface area contributed by atoms with Crippen molar-refractivity contribution in [3.05, 3.63) is 35.4 Å². The molecule has 5 atom stereocenters. The van der Waals surface area contributed by atoms with Crippen LogP contribution in [0.25, 0.3) is 0 Å². The number of ether oxygens (including phenoxy) is 2. The van der Waals surface area contributed by atoms with Gasteiger partial charge in [0.2, 0.25) is 0 Å². The number of rotatable bonds is 1. The summed E-state index contributed by atoms with van der Waals surface area (Å²) in [5.74, 6) is 2.09. The Kier molecular flexibility index (Phi) is 2.39. The lowest BCUT2D eigenvalue weighted by Gasteiger charge is -2.56. The van der Waals surface area contributed by atoms with Crippen LogP contribution in [0, 0.1) is 5.92 Å². The first-order chi connectivity index (χ1) is 10.7. The minimum Gasteiger partial charge on any atom is -0.493 e. The molecule has 4 heteroatoms. The first-order valence-corrected chi connectivity index (χ1v) is 8.10. The van der Waals surface area contributed by atoms with Gasteiger partial charge in [-0.2, -0.15) is 0 Å². The number of benzene rings is 1. The summed E-state index contributed by atoms with van der Waals surface area (Å²) < 4.78 is 11.8. The Labute approximate surface area is 130 Å². The first kappa shape index (κ1) is 13.0. The molecule has 1 fully saturated rings. The SMILES string of the molecule is COc1ccc2c3c1O[C@H]1[C@@H](O)C=C[C@H]4C(C2)N(C)CC[C@@]341. The summed E-state index contributed by atoms with van der Waals surface area (Å²) in [5.41, 5.74) is 2.60. The Balaban J connectivity index is 1.82. The van der Waals surface area contributed by atoms with E-state index < -0.39 is 6.10 Å². The fraction of sp³-hybridized carbons (Fsp3) is 0.556. The maximum atomic E-state index is 10.6. The van der Waals surface area contributed by atoms with Gasteiger partial charge in [0.15, 0.2) is 11.5 Å². The number of hydrogen-bond donors (Lipinski definition) is 1. The molecule has 0 amide bonds. The van der Waals surface area contributed by atoms with Crippen molar-refractivity contribution in [2.24, 2.45) is 5.92 Å². The van der Waals surface area contributed by atoms with Crippen molar-refractivity contribution in [3.8, 4) is 11.5 Å². The van der Waals surface area contributed by atoms with Crippen LogP contribution >= 0.6 is 0 Å². The molecule has 1 saturated heterocycles. The van der Waals surface area contributed by atoms with Crippen LogP contribution in [0.4, 0.5) is 0 Å². The third kappa shape index (κ3) is 1.28. The number of likely N-dealkylation sites (tertiary alicyclic amines) is 1. The summed E-state index contributed by atoms with van der Waals surface area (Å²) in [6.07, 6.45) is 5.54. The van der Waals surface area contributed by atoms with Gasteiger partial charge in [0.1, 0.15) is 12.2 Å². The molecule has 22 heavy (non-hydrogen) atoms. The molecule has 4 aliphatic rings. The van der Waals surface area contributed by atoms with E-state index in [-0.39, 0.29) is 11.5 Å². The summed E-state index contributed by atoms with van der Waals surface area (Å²) in [7, 11) is 3.91. The summed E-state index contributed by atoms with van der Waals surface area (Å²) in [5, 5.41) is 10.6. The third-order valence-electron chi connectivity index (χ3n) is 6.35. The lowest BCUT2D eigenvalue weighted by Crippen LogP contribution is -2.64. The zero-order chi connectivity index (χ0) is 15.1. The van der Waals surface area contributed by atoms with E-state index in [4.69, 9.17) is 9.47 Å². The quantitative estimate of drug-likeness (QED) is 0.798. The normalized spacial score (nSPS) is 41.0. The van der Waals surface area contributed by atoms with Gasteiger partial charge in [-0.25, -0.2) is 0 Å². The third-order valence-corrected chi connectivity index (χ3v) is 6.35. The molecule has 1 aromatic carbocycles. The van der Waals surface area contributed by atoms with Crippen LogP contribution in [0.3, 0.4) is 0 Å². The molecule has 2 aliphatic carbocycles. The molecule has 116 valence electrons. The average Bonchev–Trinajstić information content (AvgIpc) is 2.88. The van der Waals surface area contributed by atoms with Crippen LogP contribution in [0.2, 0.25) is 0 Å². The summed E-state index contributed by atoms with van der Waals surface area (Å²) >= 11 is 0. The summed E-state index contributed by atoms with van der Waals surface area (Å²) in [4.78, 5) is 2.47. The number of nitrogens with zero attached hydrogens (tertiary/aromatic N) is 1. The topological polar surface area (TPSA) is 41.9 Å². The maximum Gasteiger partial charge on any atom is 0.165 e. The van der Waals surface area contributed by atoms with Crippen LogP contribution in [-0.4, -0.2) is 49.0 Å². The Morgan fingerprint density at radius 1 is 1.36 bits per heavy atom. The standard InChI is InChI=1S/C18H21NO3/c1-19-8-7-18-11-4-5-13(20)17(18)22-16-14(21-2)6-3-10(15(16)18)9-12(11)19/h3-6,11-13,17,20H,7-9H2,1-2H3/t11-,12?,13-,17-,18-/m0/s1. The molecule has 0 radical (unpaired) electrons. The summed E-state index contributed by atoms with van der Waals surface area (Å²) in [6.45, 7) is 1.05. The molecule has 2 heterocycles. The lowest BCUT2D eigenvalue weighted by atomic mass is 9.53. The van der Waals surface area contributed by atoms with Crippen LogP contribution in [-0.2, 0) is 11.8 Å². The van der Waals surface area contributed by atoms with E-state index in [0.29, 0.717) is 12.0 Å². The predicted octanol–water partition coefficient (Wildman–Crippen LogP) is 1.50. The number of aliphatic hydroxyl groups is 1. The summed E-state index contributed by atoms with van der Waals surface area (Å²) in [6, 6.07) is 4.70. The van der Waals surface area contributed by atoms with Gasteiger partial charge in [0, 0.05) is 22.9 Å². The first-order valence-electron chi connectivity index (χ1n) is 8.10. The molecule has 1 N–H and O–H groups in total. The molecule has 1 unspecified atom stereocenters. The van der Waals surface area contributed by atoms with E-state index in [9.17, 15) is 5.11 Å². The van der Waals surface area contributed by atoms with Gasteiger partial charge in [-0.15, -0.1) is 0 Å². The van der Waals surface area contributed by atoms with Crippen molar-refractivity contribution in [1.29, 1.82) is 0 Å². The Hall–Kier alpha value is -1.52. The second-order valence-electron chi connectivity index (χ2n) is 7.11. The Bertz CT molecular complexity index is 685. The number of methoxy groups -OCH3 is 1. The molecule has 1 aromatic rings. The second kappa shape index (κ2) is 4.06. The zero-order valence-electron chi connectivity index (χ0n) is 13.0. The van der Waals surface area contributed by atoms with E-state index in [1.54, 1.807) is 7.11 Å². The minimum absolute atomic E-state index is 0.0806. The van der Waals surface area contributed by atoms with E-state index >= 15 is 0 Å². The van der Waals surface area contributed by atoms with Crippen LogP contribution in [0.1, 0.15) is 17.5 Å². The lowest BCUT2D eigenvalue weighted by molar-refractivity contribution is -0.0453. The van der Waals surface area contributed by atoms with Crippen LogP contribution < -0.4 is 9.47 Å². The highest BCUT2D eigenvalue weighted by Crippen LogP contribution is 2.62. The number of aliphatic hydroxyl groups excluding tert-OH is 1. The molecule has 4 nitrogen and oxygen atoms in total. The molecular weight excluding hydrogens is 278 g/mol. The van der Waals surface area contributed by atoms with Crippen molar-refractivity contribution < 1.29 is 14.6 Å². The van der Waals surface area contributed by atoms with E-state index in [1.807, 2.05) is 12.1 Å².